The molecule has 0 amide bonds. The van der Waals surface area contributed by atoms with Crippen LogP contribution >= 0.6 is 22.6 Å². The zero-order chi connectivity index (χ0) is 19.3. The standard InChI is InChI=1S/C9H6F13I/c1-3(2-23)4(10,11)5(12,13)6(14,15)7(16,17)8(18,19)9(20,21)22/h3H,2H2,1H3. The van der Waals surface area contributed by atoms with Crippen LogP contribution in [0.25, 0.3) is 0 Å². The third-order valence-corrected chi connectivity index (χ3v) is 4.13. The lowest BCUT2D eigenvalue weighted by Crippen LogP contribution is -2.70. The summed E-state index contributed by atoms with van der Waals surface area (Å²) in [6.07, 6.45) is -7.37. The van der Waals surface area contributed by atoms with E-state index in [1.165, 1.54) is 0 Å². The Morgan fingerprint density at radius 1 is 0.609 bits per heavy atom. The van der Waals surface area contributed by atoms with Crippen molar-refractivity contribution in [3.63, 3.8) is 0 Å². The van der Waals surface area contributed by atoms with Crippen LogP contribution in [-0.2, 0) is 0 Å². The van der Waals surface area contributed by atoms with Gasteiger partial charge in [0.05, 0.1) is 0 Å². The molecular weight excluding hydrogens is 482 g/mol. The highest BCUT2D eigenvalue weighted by atomic mass is 127. The minimum Gasteiger partial charge on any atom is -0.199 e. The van der Waals surface area contributed by atoms with E-state index in [4.69, 9.17) is 0 Å². The Hall–Kier alpha value is -0.180. The van der Waals surface area contributed by atoms with Crippen molar-refractivity contribution < 1.29 is 57.1 Å². The molecule has 14 heteroatoms. The van der Waals surface area contributed by atoms with Gasteiger partial charge in [-0.3, -0.25) is 0 Å². The molecule has 0 aliphatic rings. The van der Waals surface area contributed by atoms with Gasteiger partial charge in [-0.05, 0) is 0 Å². The van der Waals surface area contributed by atoms with Gasteiger partial charge in [0.25, 0.3) is 0 Å². The van der Waals surface area contributed by atoms with Gasteiger partial charge in [-0.25, -0.2) is 0 Å². The number of hydrogen-bond donors (Lipinski definition) is 0. The lowest BCUT2D eigenvalue weighted by Gasteiger charge is -2.41. The average Bonchev–Trinajstić information content (AvgIpc) is 2.35. The van der Waals surface area contributed by atoms with Gasteiger partial charge in [0.15, 0.2) is 0 Å². The lowest BCUT2D eigenvalue weighted by atomic mass is 9.89. The van der Waals surface area contributed by atoms with Gasteiger partial charge in [0.1, 0.15) is 0 Å². The van der Waals surface area contributed by atoms with Gasteiger partial charge in [0, 0.05) is 10.3 Å². The van der Waals surface area contributed by atoms with E-state index in [2.05, 4.69) is 0 Å². The van der Waals surface area contributed by atoms with Crippen LogP contribution in [0.4, 0.5) is 57.1 Å². The van der Waals surface area contributed by atoms with Crippen LogP contribution in [0.1, 0.15) is 6.92 Å². The molecule has 0 fully saturated rings. The van der Waals surface area contributed by atoms with Crippen LogP contribution in [0.2, 0.25) is 0 Å². The zero-order valence-corrected chi connectivity index (χ0v) is 12.7. The van der Waals surface area contributed by atoms with Crippen molar-refractivity contribution in [1.29, 1.82) is 0 Å². The number of rotatable bonds is 6. The Bertz CT molecular complexity index is 424. The van der Waals surface area contributed by atoms with Crippen molar-refractivity contribution >= 4 is 22.6 Å². The predicted octanol–water partition coefficient (Wildman–Crippen LogP) is 5.80. The molecular formula is C9H6F13I. The molecule has 23 heavy (non-hydrogen) atoms. The molecule has 0 nitrogen and oxygen atoms in total. The van der Waals surface area contributed by atoms with Crippen molar-refractivity contribution in [3.05, 3.63) is 0 Å². The zero-order valence-electron chi connectivity index (χ0n) is 10.6. The molecule has 0 aromatic carbocycles. The van der Waals surface area contributed by atoms with Crippen LogP contribution < -0.4 is 0 Å². The second-order valence-corrected chi connectivity index (χ2v) is 5.35. The molecule has 0 bridgehead atoms. The summed E-state index contributed by atoms with van der Waals surface area (Å²) in [6.45, 7) is 0.205. The Labute approximate surface area is 133 Å². The summed E-state index contributed by atoms with van der Waals surface area (Å²) < 4.78 is 164. The second-order valence-electron chi connectivity index (χ2n) is 4.47. The van der Waals surface area contributed by atoms with E-state index < -0.39 is 46.1 Å². The summed E-state index contributed by atoms with van der Waals surface area (Å²) in [6, 6.07) is 0. The monoisotopic (exact) mass is 488 g/mol. The van der Waals surface area contributed by atoms with Crippen molar-refractivity contribution in [2.45, 2.75) is 42.7 Å². The fraction of sp³-hybridized carbons (Fsp3) is 1.00. The Balaban J connectivity index is 6.25. The minimum atomic E-state index is -7.82. The number of hydrogen-bond acceptors (Lipinski definition) is 0. The smallest absolute Gasteiger partial charge is 0.199 e. The highest BCUT2D eigenvalue weighted by molar-refractivity contribution is 14.1. The molecule has 1 atom stereocenters. The summed E-state index contributed by atoms with van der Waals surface area (Å²) in [5, 5.41) is 0. The maximum absolute atomic E-state index is 13.2. The number of alkyl halides is 14. The summed E-state index contributed by atoms with van der Waals surface area (Å²) in [5.41, 5.74) is 0. The third-order valence-electron chi connectivity index (χ3n) is 2.81. The van der Waals surface area contributed by atoms with Gasteiger partial charge in [-0.2, -0.15) is 57.1 Å². The molecule has 0 radical (unpaired) electrons. The maximum Gasteiger partial charge on any atom is 0.460 e. The minimum absolute atomic E-state index is 0.205. The van der Waals surface area contributed by atoms with Crippen molar-refractivity contribution in [1.82, 2.24) is 0 Å². The van der Waals surface area contributed by atoms with E-state index in [0.29, 0.717) is 0 Å². The van der Waals surface area contributed by atoms with Crippen molar-refractivity contribution in [2.24, 2.45) is 5.92 Å². The molecule has 0 saturated carbocycles. The molecule has 0 heterocycles. The highest BCUT2D eigenvalue weighted by Gasteiger charge is 2.90. The molecule has 0 spiro atoms. The molecule has 0 aromatic heterocycles. The van der Waals surface area contributed by atoms with Crippen LogP contribution in [0, 0.1) is 5.92 Å². The van der Waals surface area contributed by atoms with Crippen LogP contribution in [-0.4, -0.2) is 40.2 Å². The molecule has 0 aliphatic heterocycles. The van der Waals surface area contributed by atoms with E-state index >= 15 is 0 Å². The first-order valence-electron chi connectivity index (χ1n) is 5.25. The lowest BCUT2D eigenvalue weighted by molar-refractivity contribution is -0.442. The first-order chi connectivity index (χ1) is 9.73. The third kappa shape index (κ3) is 3.07. The summed E-state index contributed by atoms with van der Waals surface area (Å²) in [7, 11) is 0. The highest BCUT2D eigenvalue weighted by Crippen LogP contribution is 2.61. The molecule has 0 saturated heterocycles. The van der Waals surface area contributed by atoms with Crippen molar-refractivity contribution in [2.75, 3.05) is 4.43 Å². The molecule has 0 aliphatic carbocycles. The fourth-order valence-corrected chi connectivity index (χ4v) is 1.74. The van der Waals surface area contributed by atoms with Gasteiger partial charge < -0.3 is 0 Å². The van der Waals surface area contributed by atoms with E-state index in [-0.39, 0.29) is 6.92 Å². The summed E-state index contributed by atoms with van der Waals surface area (Å²) >= 11 is 0.983. The first-order valence-corrected chi connectivity index (χ1v) is 6.77. The molecule has 1 unspecified atom stereocenters. The van der Waals surface area contributed by atoms with Gasteiger partial charge in [0.2, 0.25) is 0 Å². The Morgan fingerprint density at radius 2 is 0.913 bits per heavy atom. The molecule has 0 N–H and O–H groups in total. The van der Waals surface area contributed by atoms with E-state index in [1.54, 1.807) is 0 Å². The van der Waals surface area contributed by atoms with Gasteiger partial charge in [-0.15, -0.1) is 0 Å². The summed E-state index contributed by atoms with van der Waals surface area (Å²) in [4.78, 5) is 0. The largest absolute Gasteiger partial charge is 0.460 e. The predicted molar refractivity (Wildman–Crippen MR) is 58.8 cm³/mol. The van der Waals surface area contributed by atoms with Crippen LogP contribution in [0.15, 0.2) is 0 Å². The first kappa shape index (κ1) is 22.8. The van der Waals surface area contributed by atoms with Crippen molar-refractivity contribution in [3.8, 4) is 0 Å². The van der Waals surface area contributed by atoms with E-state index in [9.17, 15) is 57.1 Å². The molecule has 0 rings (SSSR count). The summed E-state index contributed by atoms with van der Waals surface area (Å²) in [5.74, 6) is -39.1. The molecule has 140 valence electrons. The Morgan fingerprint density at radius 3 is 1.17 bits per heavy atom. The molecule has 0 aromatic rings. The second kappa shape index (κ2) is 5.97. The Kier molecular flexibility index (Phi) is 5.92. The topological polar surface area (TPSA) is 0 Å². The van der Waals surface area contributed by atoms with Gasteiger partial charge in [-0.1, -0.05) is 29.5 Å². The SMILES string of the molecule is CC(CI)C(F)(F)C(F)(F)C(F)(F)C(F)(F)C(F)(F)C(F)(F)F. The van der Waals surface area contributed by atoms with Crippen LogP contribution in [0.5, 0.6) is 0 Å². The van der Waals surface area contributed by atoms with E-state index in [1.807, 2.05) is 0 Å². The van der Waals surface area contributed by atoms with E-state index in [0.717, 1.165) is 22.6 Å². The maximum atomic E-state index is 13.2. The van der Waals surface area contributed by atoms with Gasteiger partial charge >= 0.3 is 35.8 Å². The average molecular weight is 488 g/mol. The quantitative estimate of drug-likeness (QED) is 0.252. The number of halogens is 14. The van der Waals surface area contributed by atoms with Crippen LogP contribution in [0.3, 0.4) is 0 Å². The normalized spacial score (nSPS) is 17.3. The fourth-order valence-electron chi connectivity index (χ4n) is 1.19.